The molecule has 0 radical (unpaired) electrons. The van der Waals surface area contributed by atoms with Gasteiger partial charge in [-0.15, -0.1) is 0 Å². The van der Waals surface area contributed by atoms with Crippen LogP contribution in [0.25, 0.3) is 0 Å². The quantitative estimate of drug-likeness (QED) is 0.397. The molecule has 3 amide bonds. The molecule has 3 saturated heterocycles. The first-order valence-electron chi connectivity index (χ1n) is 13.4. The summed E-state index contributed by atoms with van der Waals surface area (Å²) in [5.41, 5.74) is -0.496. The number of aliphatic hydroxyl groups excluding tert-OH is 1. The molecule has 2 unspecified atom stereocenters. The molecule has 206 valence electrons. The number of para-hydroxylation sites is 2. The number of halogens is 1. The molecule has 3 fully saturated rings. The lowest BCUT2D eigenvalue weighted by molar-refractivity contribution is -0.147. The smallest absolute Gasteiger partial charge is 0.250 e. The molecule has 6 atom stereocenters. The Kier molecular flexibility index (Phi) is 6.65. The number of nitrogens with one attached hydrogen (secondary N) is 2. The number of fused-ring (bicyclic) bond motifs is 1. The van der Waals surface area contributed by atoms with E-state index >= 15 is 0 Å². The van der Waals surface area contributed by atoms with Gasteiger partial charge in [-0.3, -0.25) is 14.4 Å². The lowest BCUT2D eigenvalue weighted by atomic mass is 9.66. The molecule has 3 aromatic carbocycles. The molecule has 8 nitrogen and oxygen atoms in total. The predicted molar refractivity (Wildman–Crippen MR) is 150 cm³/mol. The van der Waals surface area contributed by atoms with Gasteiger partial charge in [0.1, 0.15) is 11.6 Å². The van der Waals surface area contributed by atoms with Crippen molar-refractivity contribution in [1.82, 2.24) is 4.90 Å². The van der Waals surface area contributed by atoms with E-state index in [4.69, 9.17) is 16.3 Å². The highest BCUT2D eigenvalue weighted by Gasteiger charge is 2.78. The van der Waals surface area contributed by atoms with Crippen molar-refractivity contribution in [3.8, 4) is 0 Å². The zero-order valence-electron chi connectivity index (χ0n) is 21.9. The lowest BCUT2D eigenvalue weighted by Crippen LogP contribution is -2.54. The van der Waals surface area contributed by atoms with Crippen molar-refractivity contribution < 1.29 is 24.2 Å². The van der Waals surface area contributed by atoms with Crippen LogP contribution in [0, 0.1) is 11.8 Å². The summed E-state index contributed by atoms with van der Waals surface area (Å²) < 4.78 is 6.68. The summed E-state index contributed by atoms with van der Waals surface area (Å²) in [5, 5.41) is 16.8. The minimum absolute atomic E-state index is 0.332. The van der Waals surface area contributed by atoms with Crippen LogP contribution in [0.15, 0.2) is 84.9 Å². The highest BCUT2D eigenvalue weighted by molar-refractivity contribution is 6.33. The summed E-state index contributed by atoms with van der Waals surface area (Å²) in [5.74, 6) is -2.94. The molecule has 40 heavy (non-hydrogen) atoms. The largest absolute Gasteiger partial charge is 0.394 e. The van der Waals surface area contributed by atoms with Crippen molar-refractivity contribution >= 4 is 40.7 Å². The van der Waals surface area contributed by atoms with Crippen molar-refractivity contribution in [3.63, 3.8) is 0 Å². The highest BCUT2D eigenvalue weighted by atomic mass is 35.5. The van der Waals surface area contributed by atoms with Crippen molar-refractivity contribution in [3.05, 3.63) is 95.5 Å². The Hall–Kier alpha value is -3.72. The number of benzene rings is 3. The first-order valence-corrected chi connectivity index (χ1v) is 13.8. The summed E-state index contributed by atoms with van der Waals surface area (Å²) in [6.45, 7) is 1.43. The third-order valence-corrected chi connectivity index (χ3v) is 8.94. The van der Waals surface area contributed by atoms with Crippen LogP contribution in [-0.2, 0) is 19.1 Å². The first kappa shape index (κ1) is 26.5. The topological polar surface area (TPSA) is 108 Å². The predicted octanol–water partition coefficient (Wildman–Crippen LogP) is 4.42. The fourth-order valence-electron chi connectivity index (χ4n) is 6.93. The van der Waals surface area contributed by atoms with Gasteiger partial charge in [0.2, 0.25) is 17.7 Å². The SMILES string of the molecule is C[C@]12CCC3(O1)C(C(=O)Nc1ccccc1Cl)N([C@H](CO)c1ccccc1)C(=O)[C@@H]3[C@H]2C(=O)Nc1ccccc1. The number of hydrogen-bond donors (Lipinski definition) is 3. The summed E-state index contributed by atoms with van der Waals surface area (Å²) in [7, 11) is 0. The normalized spacial score (nSPS) is 29.2. The Balaban J connectivity index is 1.43. The molecule has 0 aliphatic carbocycles. The van der Waals surface area contributed by atoms with Crippen LogP contribution in [-0.4, -0.2) is 51.6 Å². The number of nitrogens with zero attached hydrogens (tertiary/aromatic N) is 1. The number of amides is 3. The molecule has 0 saturated carbocycles. The summed E-state index contributed by atoms with van der Waals surface area (Å²) in [6, 6.07) is 23.1. The fraction of sp³-hybridized carbons (Fsp3) is 0.323. The number of carbonyl (C=O) groups excluding carboxylic acids is 3. The lowest BCUT2D eigenvalue weighted by Gasteiger charge is -2.37. The summed E-state index contributed by atoms with van der Waals surface area (Å²) >= 11 is 6.36. The van der Waals surface area contributed by atoms with E-state index in [2.05, 4.69) is 10.6 Å². The van der Waals surface area contributed by atoms with Crippen LogP contribution in [0.3, 0.4) is 0 Å². The second kappa shape index (κ2) is 10.0. The second-order valence-electron chi connectivity index (χ2n) is 10.9. The van der Waals surface area contributed by atoms with Crippen LogP contribution in [0.1, 0.15) is 31.4 Å². The van der Waals surface area contributed by atoms with Crippen molar-refractivity contribution in [2.75, 3.05) is 17.2 Å². The van der Waals surface area contributed by atoms with Gasteiger partial charge < -0.3 is 25.4 Å². The van der Waals surface area contributed by atoms with Gasteiger partial charge in [-0.25, -0.2) is 0 Å². The van der Waals surface area contributed by atoms with Crippen LogP contribution in [0.2, 0.25) is 5.02 Å². The van der Waals surface area contributed by atoms with E-state index in [-0.39, 0.29) is 11.8 Å². The molecule has 9 heteroatoms. The molecule has 0 aromatic heterocycles. The van der Waals surface area contributed by atoms with Gasteiger partial charge in [0.05, 0.1) is 40.8 Å². The number of rotatable bonds is 7. The zero-order valence-corrected chi connectivity index (χ0v) is 22.7. The van der Waals surface area contributed by atoms with Gasteiger partial charge >= 0.3 is 0 Å². The van der Waals surface area contributed by atoms with Crippen molar-refractivity contribution in [2.24, 2.45) is 11.8 Å². The zero-order chi connectivity index (χ0) is 28.1. The summed E-state index contributed by atoms with van der Waals surface area (Å²) in [6.07, 6.45) is 0.918. The number of likely N-dealkylation sites (tertiary alicyclic amines) is 1. The minimum atomic E-state index is -1.25. The van der Waals surface area contributed by atoms with E-state index < -0.39 is 47.6 Å². The second-order valence-corrected chi connectivity index (χ2v) is 11.3. The Labute approximate surface area is 237 Å². The number of carbonyl (C=O) groups is 3. The van der Waals surface area contributed by atoms with E-state index in [0.29, 0.717) is 34.8 Å². The first-order chi connectivity index (χ1) is 19.3. The van der Waals surface area contributed by atoms with Gasteiger partial charge in [0.25, 0.3) is 0 Å². The average molecular weight is 560 g/mol. The molecular formula is C31H30ClN3O5. The van der Waals surface area contributed by atoms with Gasteiger partial charge in [-0.05, 0) is 49.6 Å². The number of ether oxygens (including phenoxy) is 1. The van der Waals surface area contributed by atoms with Gasteiger partial charge in [-0.1, -0.05) is 72.3 Å². The van der Waals surface area contributed by atoms with Gasteiger partial charge in [0.15, 0.2) is 0 Å². The molecule has 3 aromatic rings. The molecule has 1 spiro atoms. The Morgan fingerprint density at radius 2 is 1.62 bits per heavy atom. The van der Waals surface area contributed by atoms with Crippen LogP contribution in [0.4, 0.5) is 11.4 Å². The molecular weight excluding hydrogens is 530 g/mol. The van der Waals surface area contributed by atoms with Crippen LogP contribution < -0.4 is 10.6 Å². The van der Waals surface area contributed by atoms with Crippen LogP contribution in [0.5, 0.6) is 0 Å². The summed E-state index contributed by atoms with van der Waals surface area (Å²) in [4.78, 5) is 43.8. The van der Waals surface area contributed by atoms with E-state index in [9.17, 15) is 19.5 Å². The van der Waals surface area contributed by atoms with Gasteiger partial charge in [-0.2, -0.15) is 0 Å². The Bertz CT molecular complexity index is 1450. The minimum Gasteiger partial charge on any atom is -0.394 e. The fourth-order valence-corrected chi connectivity index (χ4v) is 7.12. The standard InChI is InChI=1S/C31H30ClN3O5/c1-30-16-17-31(40-30)25(24(30)27(37)33-20-12-6-3-7-13-20)29(39)35(23(18-36)19-10-4-2-5-11-19)26(31)28(38)34-22-15-9-8-14-21(22)32/h2-15,23-26,36H,16-18H2,1H3,(H,33,37)(H,34,38)/t23-,24+,25+,26?,30-,31?/m1/s1. The van der Waals surface area contributed by atoms with Crippen molar-refractivity contribution in [1.29, 1.82) is 0 Å². The molecule has 3 aliphatic heterocycles. The maximum absolute atomic E-state index is 14.4. The maximum Gasteiger partial charge on any atom is 0.250 e. The van der Waals surface area contributed by atoms with Crippen molar-refractivity contribution in [2.45, 2.75) is 43.1 Å². The van der Waals surface area contributed by atoms with Crippen LogP contribution >= 0.6 is 11.6 Å². The molecule has 6 rings (SSSR count). The Morgan fingerprint density at radius 1 is 0.975 bits per heavy atom. The third-order valence-electron chi connectivity index (χ3n) is 8.61. The molecule has 3 heterocycles. The number of anilines is 2. The number of hydrogen-bond acceptors (Lipinski definition) is 5. The molecule has 3 N–H and O–H groups in total. The number of aliphatic hydroxyl groups is 1. The molecule has 2 bridgehead atoms. The highest BCUT2D eigenvalue weighted by Crippen LogP contribution is 2.64. The third kappa shape index (κ3) is 4.10. The monoisotopic (exact) mass is 559 g/mol. The van der Waals surface area contributed by atoms with E-state index in [1.807, 2.05) is 55.5 Å². The Morgan fingerprint density at radius 3 is 2.30 bits per heavy atom. The maximum atomic E-state index is 14.4. The average Bonchev–Trinajstić information content (AvgIpc) is 3.52. The van der Waals surface area contributed by atoms with E-state index in [0.717, 1.165) is 0 Å². The van der Waals surface area contributed by atoms with E-state index in [1.165, 1.54) is 4.90 Å². The van der Waals surface area contributed by atoms with Gasteiger partial charge in [0, 0.05) is 5.69 Å². The van der Waals surface area contributed by atoms with E-state index in [1.54, 1.807) is 36.4 Å². The molecule has 3 aliphatic rings.